The second-order valence-electron chi connectivity index (χ2n) is 5.50. The second-order valence-corrected chi connectivity index (χ2v) is 5.88. The quantitative estimate of drug-likeness (QED) is 0.636. The molecule has 3 heteroatoms. The van der Waals surface area contributed by atoms with Crippen LogP contribution in [0, 0.1) is 5.41 Å². The van der Waals surface area contributed by atoms with E-state index in [1.165, 1.54) is 12.8 Å². The molecule has 1 aliphatic rings. The molecule has 1 rings (SSSR count). The molecule has 106 valence electrons. The Morgan fingerprint density at radius 2 is 1.78 bits per heavy atom. The van der Waals surface area contributed by atoms with Gasteiger partial charge in [0.05, 0.1) is 0 Å². The molecule has 0 atom stereocenters. The van der Waals surface area contributed by atoms with Gasteiger partial charge in [0.25, 0.3) is 0 Å². The van der Waals surface area contributed by atoms with E-state index in [1.807, 2.05) is 0 Å². The van der Waals surface area contributed by atoms with E-state index in [9.17, 15) is 4.79 Å². The Morgan fingerprint density at radius 1 is 1.22 bits per heavy atom. The minimum absolute atomic E-state index is 0.0748. The molecule has 0 heterocycles. The maximum Gasteiger partial charge on any atom is 0.229 e. The standard InChI is InChI=1S/C15H28ClNO/c1-4-13(5-2)17(12-11-16)14(18)15(6-3)9-7-8-10-15/h13H,4-12H2,1-3H3. The largest absolute Gasteiger partial charge is 0.338 e. The molecule has 0 aromatic carbocycles. The molecule has 1 amide bonds. The third kappa shape index (κ3) is 3.20. The van der Waals surface area contributed by atoms with Gasteiger partial charge in [0.1, 0.15) is 0 Å². The number of halogens is 1. The summed E-state index contributed by atoms with van der Waals surface area (Å²) in [7, 11) is 0. The van der Waals surface area contributed by atoms with Crippen LogP contribution in [0.5, 0.6) is 0 Å². The molecule has 1 aliphatic carbocycles. The van der Waals surface area contributed by atoms with Crippen LogP contribution in [0.2, 0.25) is 0 Å². The highest BCUT2D eigenvalue weighted by Crippen LogP contribution is 2.43. The molecule has 0 aliphatic heterocycles. The summed E-state index contributed by atoms with van der Waals surface area (Å²) < 4.78 is 0. The molecule has 2 nitrogen and oxygen atoms in total. The van der Waals surface area contributed by atoms with E-state index in [1.54, 1.807) is 0 Å². The number of amides is 1. The number of carbonyl (C=O) groups is 1. The highest BCUT2D eigenvalue weighted by Gasteiger charge is 2.42. The van der Waals surface area contributed by atoms with Gasteiger partial charge in [-0.2, -0.15) is 0 Å². The van der Waals surface area contributed by atoms with Crippen molar-refractivity contribution >= 4 is 17.5 Å². The average Bonchev–Trinajstić information content (AvgIpc) is 2.88. The van der Waals surface area contributed by atoms with Gasteiger partial charge in [-0.25, -0.2) is 0 Å². The zero-order valence-corrected chi connectivity index (χ0v) is 12.9. The lowest BCUT2D eigenvalue weighted by atomic mass is 9.81. The van der Waals surface area contributed by atoms with Gasteiger partial charge in [0.15, 0.2) is 0 Å². The summed E-state index contributed by atoms with van der Waals surface area (Å²) in [5.74, 6) is 0.916. The fraction of sp³-hybridized carbons (Fsp3) is 0.933. The molecule has 0 aromatic rings. The van der Waals surface area contributed by atoms with E-state index in [4.69, 9.17) is 11.6 Å². The Hall–Kier alpha value is -0.240. The van der Waals surface area contributed by atoms with Crippen LogP contribution in [0.1, 0.15) is 65.7 Å². The first-order valence-electron chi connectivity index (χ1n) is 7.52. The van der Waals surface area contributed by atoms with E-state index in [0.717, 1.165) is 32.1 Å². The Morgan fingerprint density at radius 3 is 2.17 bits per heavy atom. The predicted octanol–water partition coefficient (Wildman–Crippen LogP) is 4.21. The third-order valence-electron chi connectivity index (χ3n) is 4.66. The van der Waals surface area contributed by atoms with Gasteiger partial charge >= 0.3 is 0 Å². The van der Waals surface area contributed by atoms with Crippen molar-refractivity contribution in [2.45, 2.75) is 71.8 Å². The summed E-state index contributed by atoms with van der Waals surface area (Å²) in [6.07, 6.45) is 7.58. The van der Waals surface area contributed by atoms with Crippen molar-refractivity contribution in [1.82, 2.24) is 4.90 Å². The van der Waals surface area contributed by atoms with Gasteiger partial charge in [0, 0.05) is 23.9 Å². The molecule has 1 fully saturated rings. The van der Waals surface area contributed by atoms with E-state index in [2.05, 4.69) is 25.7 Å². The lowest BCUT2D eigenvalue weighted by molar-refractivity contribution is -0.144. The Bertz CT molecular complexity index is 257. The van der Waals surface area contributed by atoms with Crippen LogP contribution in [0.25, 0.3) is 0 Å². The summed E-state index contributed by atoms with van der Waals surface area (Å²) >= 11 is 5.90. The van der Waals surface area contributed by atoms with E-state index in [0.29, 0.717) is 24.4 Å². The fourth-order valence-corrected chi connectivity index (χ4v) is 3.53. The molecular weight excluding hydrogens is 246 g/mol. The summed E-state index contributed by atoms with van der Waals surface area (Å²) in [4.78, 5) is 15.0. The molecule has 0 unspecified atom stereocenters. The number of nitrogens with zero attached hydrogens (tertiary/aromatic N) is 1. The van der Waals surface area contributed by atoms with E-state index < -0.39 is 0 Å². The zero-order chi connectivity index (χ0) is 13.6. The first-order chi connectivity index (χ1) is 8.65. The fourth-order valence-electron chi connectivity index (χ4n) is 3.35. The SMILES string of the molecule is CCC(CC)N(CCCl)C(=O)C1(CC)CCCC1. The highest BCUT2D eigenvalue weighted by atomic mass is 35.5. The van der Waals surface area contributed by atoms with Crippen molar-refractivity contribution in [2.75, 3.05) is 12.4 Å². The van der Waals surface area contributed by atoms with Crippen molar-refractivity contribution in [2.24, 2.45) is 5.41 Å². The van der Waals surface area contributed by atoms with E-state index in [-0.39, 0.29) is 5.41 Å². The topological polar surface area (TPSA) is 20.3 Å². The van der Waals surface area contributed by atoms with Gasteiger partial charge in [-0.1, -0.05) is 33.6 Å². The smallest absolute Gasteiger partial charge is 0.229 e. The molecule has 0 radical (unpaired) electrons. The van der Waals surface area contributed by atoms with Crippen LogP contribution in [0.3, 0.4) is 0 Å². The summed E-state index contributed by atoms with van der Waals surface area (Å²) in [6.45, 7) is 7.19. The first-order valence-corrected chi connectivity index (χ1v) is 8.05. The van der Waals surface area contributed by atoms with Crippen molar-refractivity contribution < 1.29 is 4.79 Å². The number of hydrogen-bond donors (Lipinski definition) is 0. The van der Waals surface area contributed by atoms with Crippen LogP contribution in [-0.4, -0.2) is 29.3 Å². The highest BCUT2D eigenvalue weighted by molar-refractivity contribution is 6.18. The Balaban J connectivity index is 2.86. The summed E-state index contributed by atoms with van der Waals surface area (Å²) in [5.41, 5.74) is -0.0748. The minimum Gasteiger partial charge on any atom is -0.338 e. The molecular formula is C15H28ClNO. The number of hydrogen-bond acceptors (Lipinski definition) is 1. The third-order valence-corrected chi connectivity index (χ3v) is 4.83. The van der Waals surface area contributed by atoms with Crippen LogP contribution in [-0.2, 0) is 4.79 Å². The van der Waals surface area contributed by atoms with Gasteiger partial charge in [-0.05, 0) is 32.1 Å². The Kier molecular flexibility index (Phi) is 6.48. The average molecular weight is 274 g/mol. The number of carbonyl (C=O) groups excluding carboxylic acids is 1. The van der Waals surface area contributed by atoms with Crippen molar-refractivity contribution in [3.8, 4) is 0 Å². The molecule has 0 spiro atoms. The van der Waals surface area contributed by atoms with Crippen molar-refractivity contribution in [1.29, 1.82) is 0 Å². The molecule has 0 bridgehead atoms. The second kappa shape index (κ2) is 7.37. The molecule has 0 saturated heterocycles. The summed E-state index contributed by atoms with van der Waals surface area (Å²) in [6, 6.07) is 0.361. The monoisotopic (exact) mass is 273 g/mol. The zero-order valence-electron chi connectivity index (χ0n) is 12.2. The maximum atomic E-state index is 12.9. The maximum absolute atomic E-state index is 12.9. The number of rotatable bonds is 7. The molecule has 1 saturated carbocycles. The van der Waals surface area contributed by atoms with Crippen LogP contribution >= 0.6 is 11.6 Å². The van der Waals surface area contributed by atoms with Gasteiger partial charge in [-0.15, -0.1) is 11.6 Å². The lowest BCUT2D eigenvalue weighted by Gasteiger charge is -2.38. The Labute approximate surface area is 117 Å². The van der Waals surface area contributed by atoms with Crippen LogP contribution in [0.4, 0.5) is 0 Å². The van der Waals surface area contributed by atoms with Crippen LogP contribution in [0.15, 0.2) is 0 Å². The normalized spacial score (nSPS) is 18.3. The molecule has 0 N–H and O–H groups in total. The van der Waals surface area contributed by atoms with Gasteiger partial charge < -0.3 is 4.90 Å². The van der Waals surface area contributed by atoms with Gasteiger partial charge in [0.2, 0.25) is 5.91 Å². The van der Waals surface area contributed by atoms with Crippen LogP contribution < -0.4 is 0 Å². The predicted molar refractivity (Wildman–Crippen MR) is 78.0 cm³/mol. The van der Waals surface area contributed by atoms with Gasteiger partial charge in [-0.3, -0.25) is 4.79 Å². The number of alkyl halides is 1. The molecule has 0 aromatic heterocycles. The van der Waals surface area contributed by atoms with Crippen molar-refractivity contribution in [3.05, 3.63) is 0 Å². The van der Waals surface area contributed by atoms with Crippen molar-refractivity contribution in [3.63, 3.8) is 0 Å². The lowest BCUT2D eigenvalue weighted by Crippen LogP contribution is -2.48. The minimum atomic E-state index is -0.0748. The van der Waals surface area contributed by atoms with E-state index >= 15 is 0 Å². The summed E-state index contributed by atoms with van der Waals surface area (Å²) in [5, 5.41) is 0. The molecule has 18 heavy (non-hydrogen) atoms. The first kappa shape index (κ1) is 15.8.